The van der Waals surface area contributed by atoms with Gasteiger partial charge in [0.2, 0.25) is 6.54 Å². The summed E-state index contributed by atoms with van der Waals surface area (Å²) in [5.74, 6) is -0.964. The van der Waals surface area contributed by atoms with Crippen LogP contribution in [-0.4, -0.2) is 18.0 Å². The highest BCUT2D eigenvalue weighted by atomic mass is 19.1. The molecule has 0 aromatic heterocycles. The summed E-state index contributed by atoms with van der Waals surface area (Å²) in [5.41, 5.74) is 3.39. The van der Waals surface area contributed by atoms with E-state index in [4.69, 9.17) is 0 Å². The molecule has 3 rings (SSSR count). The number of aryl methyl sites for hydroxylation is 1. The first-order valence-electron chi connectivity index (χ1n) is 7.38. The van der Waals surface area contributed by atoms with Gasteiger partial charge in [-0.2, -0.15) is 0 Å². The molecular weight excluding hydrogens is 283 g/mol. The molecule has 0 unspecified atom stereocenters. The van der Waals surface area contributed by atoms with Crippen molar-refractivity contribution < 1.29 is 9.31 Å². The summed E-state index contributed by atoms with van der Waals surface area (Å²) in [6, 6.07) is 12.1. The zero-order valence-electron chi connectivity index (χ0n) is 12.1. The molecule has 0 radical (unpaired) electrons. The predicted octanol–water partition coefficient (Wildman–Crippen LogP) is 3.59. The molecule has 114 valence electrons. The smallest absolute Gasteiger partial charge is 0.214 e. The molecule has 2 aromatic carbocycles. The van der Waals surface area contributed by atoms with E-state index in [9.17, 15) is 14.5 Å². The van der Waals surface area contributed by atoms with E-state index in [0.29, 0.717) is 5.56 Å². The van der Waals surface area contributed by atoms with Crippen molar-refractivity contribution in [1.29, 1.82) is 0 Å². The van der Waals surface area contributed by atoms with Crippen LogP contribution in [0.15, 0.2) is 42.5 Å². The molecule has 0 saturated carbocycles. The van der Waals surface area contributed by atoms with Gasteiger partial charge in [0.25, 0.3) is 0 Å². The maximum absolute atomic E-state index is 14.1. The molecule has 0 aliphatic carbocycles. The van der Waals surface area contributed by atoms with Gasteiger partial charge in [-0.05, 0) is 36.1 Å². The summed E-state index contributed by atoms with van der Waals surface area (Å²) >= 11 is 0. The number of rotatable bonds is 4. The Labute approximate surface area is 128 Å². The number of anilines is 1. The zero-order valence-corrected chi connectivity index (χ0v) is 12.1. The van der Waals surface area contributed by atoms with Crippen LogP contribution in [0.4, 0.5) is 10.1 Å². The lowest BCUT2D eigenvalue weighted by Gasteiger charge is -2.21. The SMILES string of the molecule is O=[N+]([O-])C[C@H](c1ccc2c(c1)CCCN2)c1ccccc1F. The summed E-state index contributed by atoms with van der Waals surface area (Å²) in [4.78, 5) is 10.6. The largest absolute Gasteiger partial charge is 0.385 e. The Balaban J connectivity index is 2.02. The topological polar surface area (TPSA) is 55.2 Å². The first-order valence-corrected chi connectivity index (χ1v) is 7.38. The highest BCUT2D eigenvalue weighted by molar-refractivity contribution is 5.55. The lowest BCUT2D eigenvalue weighted by molar-refractivity contribution is -0.481. The second kappa shape index (κ2) is 6.13. The third kappa shape index (κ3) is 2.93. The summed E-state index contributed by atoms with van der Waals surface area (Å²) in [6.07, 6.45) is 1.98. The lowest BCUT2D eigenvalue weighted by Crippen LogP contribution is -2.17. The molecule has 5 heteroatoms. The van der Waals surface area contributed by atoms with Crippen LogP contribution in [0, 0.1) is 15.9 Å². The van der Waals surface area contributed by atoms with Gasteiger partial charge in [-0.15, -0.1) is 0 Å². The first-order chi connectivity index (χ1) is 10.6. The van der Waals surface area contributed by atoms with Gasteiger partial charge in [-0.1, -0.05) is 30.3 Å². The average molecular weight is 300 g/mol. The molecule has 1 aliphatic heterocycles. The van der Waals surface area contributed by atoms with Gasteiger partial charge in [0.1, 0.15) is 5.82 Å². The standard InChI is InChI=1S/C17H17FN2O2/c18-16-6-2-1-5-14(16)15(11-20(21)22)12-7-8-17-13(10-12)4-3-9-19-17/h1-2,5-8,10,15,19H,3-4,9,11H2/t15-/m1/s1. The molecule has 1 atom stereocenters. The Kier molecular flexibility index (Phi) is 4.04. The lowest BCUT2D eigenvalue weighted by atomic mass is 9.88. The van der Waals surface area contributed by atoms with Crippen LogP contribution in [0.5, 0.6) is 0 Å². The second-order valence-corrected chi connectivity index (χ2v) is 5.54. The van der Waals surface area contributed by atoms with Gasteiger partial charge >= 0.3 is 0 Å². The highest BCUT2D eigenvalue weighted by Gasteiger charge is 2.24. The monoisotopic (exact) mass is 300 g/mol. The van der Waals surface area contributed by atoms with E-state index in [1.165, 1.54) is 6.07 Å². The number of fused-ring (bicyclic) bond motifs is 1. The third-order valence-corrected chi connectivity index (χ3v) is 4.08. The Morgan fingerprint density at radius 1 is 1.27 bits per heavy atom. The van der Waals surface area contributed by atoms with E-state index in [-0.39, 0.29) is 11.5 Å². The van der Waals surface area contributed by atoms with Crippen LogP contribution in [0.2, 0.25) is 0 Å². The summed E-state index contributed by atoms with van der Waals surface area (Å²) in [7, 11) is 0. The third-order valence-electron chi connectivity index (χ3n) is 4.08. The van der Waals surface area contributed by atoms with Gasteiger partial charge in [0.05, 0.1) is 5.92 Å². The van der Waals surface area contributed by atoms with E-state index in [2.05, 4.69) is 5.32 Å². The van der Waals surface area contributed by atoms with Crippen LogP contribution in [0.1, 0.15) is 29.0 Å². The number of hydrogen-bond acceptors (Lipinski definition) is 3. The fraction of sp³-hybridized carbons (Fsp3) is 0.294. The van der Waals surface area contributed by atoms with Gasteiger partial charge in [-0.25, -0.2) is 4.39 Å². The van der Waals surface area contributed by atoms with E-state index in [1.54, 1.807) is 18.2 Å². The molecule has 0 fully saturated rings. The van der Waals surface area contributed by atoms with E-state index in [1.807, 2.05) is 18.2 Å². The molecule has 0 spiro atoms. The van der Waals surface area contributed by atoms with Crippen LogP contribution in [-0.2, 0) is 6.42 Å². The molecule has 0 amide bonds. The molecule has 1 heterocycles. The van der Waals surface area contributed by atoms with Gasteiger partial charge in [0, 0.05) is 22.7 Å². The van der Waals surface area contributed by atoms with E-state index in [0.717, 1.165) is 36.2 Å². The molecule has 1 aliphatic rings. The zero-order chi connectivity index (χ0) is 15.5. The summed E-state index contributed by atoms with van der Waals surface area (Å²) in [6.45, 7) is 0.630. The molecule has 0 saturated heterocycles. The minimum atomic E-state index is -0.566. The van der Waals surface area contributed by atoms with Crippen molar-refractivity contribution in [1.82, 2.24) is 0 Å². The second-order valence-electron chi connectivity index (χ2n) is 5.54. The van der Waals surface area contributed by atoms with Gasteiger partial charge in [0.15, 0.2) is 0 Å². The number of nitrogens with one attached hydrogen (secondary N) is 1. The van der Waals surface area contributed by atoms with Crippen LogP contribution >= 0.6 is 0 Å². The summed E-state index contributed by atoms with van der Waals surface area (Å²) in [5, 5.41) is 14.3. The minimum absolute atomic E-state index is 0.312. The number of benzene rings is 2. The quantitative estimate of drug-likeness (QED) is 0.693. The Morgan fingerprint density at radius 2 is 2.09 bits per heavy atom. The molecule has 4 nitrogen and oxygen atoms in total. The van der Waals surface area contributed by atoms with E-state index < -0.39 is 11.7 Å². The maximum Gasteiger partial charge on any atom is 0.214 e. The van der Waals surface area contributed by atoms with Crippen molar-refractivity contribution in [2.45, 2.75) is 18.8 Å². The van der Waals surface area contributed by atoms with Crippen molar-refractivity contribution in [2.24, 2.45) is 0 Å². The van der Waals surface area contributed by atoms with Crippen LogP contribution in [0.3, 0.4) is 0 Å². The fourth-order valence-corrected chi connectivity index (χ4v) is 3.00. The minimum Gasteiger partial charge on any atom is -0.385 e. The number of nitro groups is 1. The molecule has 22 heavy (non-hydrogen) atoms. The summed E-state index contributed by atoms with van der Waals surface area (Å²) < 4.78 is 14.1. The van der Waals surface area contributed by atoms with E-state index >= 15 is 0 Å². The number of halogens is 1. The Morgan fingerprint density at radius 3 is 2.86 bits per heavy atom. The number of nitrogens with zero attached hydrogens (tertiary/aromatic N) is 1. The van der Waals surface area contributed by atoms with Crippen molar-refractivity contribution in [3.8, 4) is 0 Å². The fourth-order valence-electron chi connectivity index (χ4n) is 3.00. The van der Waals surface area contributed by atoms with Crippen molar-refractivity contribution in [3.63, 3.8) is 0 Å². The first kappa shape index (κ1) is 14.5. The molecule has 2 aromatic rings. The molecular formula is C17H17FN2O2. The molecule has 0 bridgehead atoms. The normalized spacial score (nSPS) is 14.8. The Bertz CT molecular complexity index is 703. The maximum atomic E-state index is 14.1. The van der Waals surface area contributed by atoms with Crippen molar-refractivity contribution >= 4 is 5.69 Å². The van der Waals surface area contributed by atoms with Crippen LogP contribution in [0.25, 0.3) is 0 Å². The van der Waals surface area contributed by atoms with Crippen LogP contribution < -0.4 is 5.32 Å². The van der Waals surface area contributed by atoms with Crippen molar-refractivity contribution in [3.05, 3.63) is 75.1 Å². The van der Waals surface area contributed by atoms with Gasteiger partial charge < -0.3 is 5.32 Å². The van der Waals surface area contributed by atoms with Gasteiger partial charge in [-0.3, -0.25) is 10.1 Å². The Hall–Kier alpha value is -2.43. The average Bonchev–Trinajstić information content (AvgIpc) is 2.53. The molecule has 1 N–H and O–H groups in total. The highest BCUT2D eigenvalue weighted by Crippen LogP contribution is 2.31. The predicted molar refractivity (Wildman–Crippen MR) is 83.4 cm³/mol. The van der Waals surface area contributed by atoms with Crippen molar-refractivity contribution in [2.75, 3.05) is 18.4 Å². The number of hydrogen-bond donors (Lipinski definition) is 1.